The summed E-state index contributed by atoms with van der Waals surface area (Å²) in [5, 5.41) is 13.6. The fourth-order valence-electron chi connectivity index (χ4n) is 8.70. The normalized spacial score (nSPS) is 12.2. The van der Waals surface area contributed by atoms with Gasteiger partial charge in [0.25, 0.3) is 0 Å². The quantitative estimate of drug-likeness (QED) is 0.0907. The van der Waals surface area contributed by atoms with Crippen molar-refractivity contribution in [3.63, 3.8) is 0 Å². The van der Waals surface area contributed by atoms with Crippen molar-refractivity contribution in [3.05, 3.63) is 212 Å². The molecular formula is C52H35N3P2Se2. The Hall–Kier alpha value is -5.46. The molecule has 59 heavy (non-hydrogen) atoms. The van der Waals surface area contributed by atoms with Crippen molar-refractivity contribution in [2.24, 2.45) is 0 Å². The Kier molecular flexibility index (Phi) is 9.10. The molecule has 11 rings (SSSR count). The molecule has 0 aliphatic rings. The second-order valence-corrected chi connectivity index (χ2v) is 27.3. The van der Waals surface area contributed by atoms with Gasteiger partial charge >= 0.3 is 360 Å². The van der Waals surface area contributed by atoms with Gasteiger partial charge in [-0.1, -0.05) is 0 Å². The summed E-state index contributed by atoms with van der Waals surface area (Å²) in [6.45, 7) is 0. The fourth-order valence-corrected chi connectivity index (χ4v) is 18.4. The van der Waals surface area contributed by atoms with Crippen LogP contribution < -0.4 is 31.8 Å². The van der Waals surface area contributed by atoms with E-state index in [0.29, 0.717) is 0 Å². The first kappa shape index (κ1) is 36.6. The van der Waals surface area contributed by atoms with E-state index < -0.39 is 11.0 Å². The predicted octanol–water partition coefficient (Wildman–Crippen LogP) is 9.76. The molecule has 3 aromatic heterocycles. The monoisotopic (exact) mass is 923 g/mol. The number of imidazole rings is 1. The number of hydrogen-bond acceptors (Lipinski definition) is 2. The maximum atomic E-state index is 5.36. The molecule has 3 heterocycles. The Balaban J connectivity index is 1.10. The van der Waals surface area contributed by atoms with Crippen molar-refractivity contribution in [3.8, 4) is 11.3 Å². The Morgan fingerprint density at radius 1 is 0.407 bits per heavy atom. The number of hydrogen-bond donors (Lipinski definition) is 0. The van der Waals surface area contributed by atoms with Crippen molar-refractivity contribution in [2.45, 2.75) is 0 Å². The predicted molar refractivity (Wildman–Crippen MR) is 257 cm³/mol. The van der Waals surface area contributed by atoms with Gasteiger partial charge in [0.1, 0.15) is 0 Å². The van der Waals surface area contributed by atoms with Crippen LogP contribution in [0.2, 0.25) is 0 Å². The zero-order chi connectivity index (χ0) is 39.6. The molecule has 0 bridgehead atoms. The van der Waals surface area contributed by atoms with Gasteiger partial charge in [0.2, 0.25) is 0 Å². The summed E-state index contributed by atoms with van der Waals surface area (Å²) < 4.78 is 2.42. The zero-order valence-corrected chi connectivity index (χ0v) is 37.0. The van der Waals surface area contributed by atoms with Gasteiger partial charge < -0.3 is 0 Å². The Morgan fingerprint density at radius 3 is 1.51 bits per heavy atom. The van der Waals surface area contributed by atoms with Crippen LogP contribution in [0.25, 0.3) is 60.4 Å². The van der Waals surface area contributed by atoms with Crippen LogP contribution in [0.1, 0.15) is 0 Å². The third-order valence-corrected chi connectivity index (χ3v) is 25.6. The first-order valence-corrected chi connectivity index (χ1v) is 27.6. The second-order valence-electron chi connectivity index (χ2n) is 14.8. The minimum atomic E-state index is -2.10. The summed E-state index contributed by atoms with van der Waals surface area (Å²) >= 11 is 7.44. The third kappa shape index (κ3) is 5.92. The number of rotatable bonds is 7. The zero-order valence-electron chi connectivity index (χ0n) is 31.8. The van der Waals surface area contributed by atoms with Crippen LogP contribution in [0.5, 0.6) is 0 Å². The minimum absolute atomic E-state index is 0.950. The molecule has 0 atom stereocenters. The van der Waals surface area contributed by atoms with Gasteiger partial charge in [-0.05, 0) is 0 Å². The van der Waals surface area contributed by atoms with Gasteiger partial charge in [-0.25, -0.2) is 0 Å². The van der Waals surface area contributed by atoms with Crippen LogP contribution in [0, 0.1) is 0 Å². The van der Waals surface area contributed by atoms with Gasteiger partial charge in [0, 0.05) is 0 Å². The van der Waals surface area contributed by atoms with E-state index in [-0.39, 0.29) is 0 Å². The average Bonchev–Trinajstić information content (AvgIpc) is 3.71. The summed E-state index contributed by atoms with van der Waals surface area (Å²) in [6, 6.07) is 74.8. The molecule has 3 nitrogen and oxygen atoms in total. The molecule has 0 amide bonds. The molecule has 0 N–H and O–H groups in total. The summed E-state index contributed by atoms with van der Waals surface area (Å²) in [5.74, 6) is 0. The second kappa shape index (κ2) is 14.7. The van der Waals surface area contributed by atoms with Crippen LogP contribution in [0.15, 0.2) is 212 Å². The van der Waals surface area contributed by atoms with E-state index in [2.05, 4.69) is 247 Å². The van der Waals surface area contributed by atoms with Crippen LogP contribution >= 0.6 is 11.0 Å². The van der Waals surface area contributed by atoms with E-state index in [4.69, 9.17) is 9.97 Å². The van der Waals surface area contributed by atoms with Crippen LogP contribution in [0.3, 0.4) is 0 Å². The number of nitrogens with zero attached hydrogens (tertiary/aromatic N) is 3. The number of aromatic nitrogens is 3. The Morgan fingerprint density at radius 2 is 0.932 bits per heavy atom. The molecule has 0 aliphatic carbocycles. The van der Waals surface area contributed by atoms with Gasteiger partial charge in [-0.3, -0.25) is 0 Å². The van der Waals surface area contributed by atoms with Crippen molar-refractivity contribution < 1.29 is 0 Å². The van der Waals surface area contributed by atoms with E-state index >= 15 is 0 Å². The SMILES string of the molecule is [Se]=P(c1ccccc1)(c1ccccc1)c1ccc(-c2ccc3c(ccc4c5ccccc5c5nc6ccc(P(=[Se])(c7ccccc7)c7ccccc7)cc6n5c34)c2)nc1. The molecule has 0 spiro atoms. The van der Waals surface area contributed by atoms with Gasteiger partial charge in [0.05, 0.1) is 0 Å². The molecule has 0 saturated carbocycles. The van der Waals surface area contributed by atoms with Crippen molar-refractivity contribution in [1.29, 1.82) is 0 Å². The molecule has 11 aromatic rings. The van der Waals surface area contributed by atoms with E-state index in [9.17, 15) is 0 Å². The molecule has 8 aromatic carbocycles. The van der Waals surface area contributed by atoms with Gasteiger partial charge in [0.15, 0.2) is 0 Å². The Bertz CT molecular complexity index is 3400. The van der Waals surface area contributed by atoms with Gasteiger partial charge in [-0.2, -0.15) is 0 Å². The van der Waals surface area contributed by atoms with E-state index in [1.165, 1.54) is 48.0 Å². The molecule has 7 heteroatoms. The van der Waals surface area contributed by atoms with Crippen molar-refractivity contribution in [2.75, 3.05) is 0 Å². The summed E-state index contributed by atoms with van der Waals surface area (Å²) in [5.41, 5.74) is 2.14. The molecule has 280 valence electrons. The number of benzene rings is 8. The Labute approximate surface area is 357 Å². The van der Waals surface area contributed by atoms with E-state index in [1.54, 1.807) is 0 Å². The number of pyridine rings is 2. The van der Waals surface area contributed by atoms with Crippen LogP contribution in [-0.2, 0) is 0 Å². The van der Waals surface area contributed by atoms with Crippen LogP contribution in [0.4, 0.5) is 0 Å². The van der Waals surface area contributed by atoms with Crippen LogP contribution in [-0.4, -0.2) is 44.6 Å². The summed E-state index contributed by atoms with van der Waals surface area (Å²) in [4.78, 5) is 10.5. The standard InChI is InChI=1S/C52H35N3P2Se2/c58-56(38-15-5-1-6-16-38,39-17-7-2-8-18-39)42-27-32-49-50(34-42)55-51-44-29-26-37(33-36(44)25-30-46(51)45-23-13-14-24-47(45)52(55)54-49)48-31-28-43(35-53-48)57(59,40-19-9-3-10-20-40)41-21-11-4-12-22-41/h1-35H. The van der Waals surface area contributed by atoms with E-state index in [0.717, 1.165) is 44.2 Å². The molecule has 0 radical (unpaired) electrons. The summed E-state index contributed by atoms with van der Waals surface area (Å²) in [7, 11) is 0. The maximum absolute atomic E-state index is 5.36. The topological polar surface area (TPSA) is 30.2 Å². The molecule has 0 unspecified atom stereocenters. The summed E-state index contributed by atoms with van der Waals surface area (Å²) in [6.07, 6.45) is 2.08. The average molecular weight is 922 g/mol. The third-order valence-electron chi connectivity index (χ3n) is 11.6. The first-order valence-electron chi connectivity index (χ1n) is 19.6. The fraction of sp³-hybridized carbons (Fsp3) is 0. The number of fused-ring (bicyclic) bond motifs is 10. The van der Waals surface area contributed by atoms with Gasteiger partial charge in [-0.15, -0.1) is 0 Å². The molecule has 0 aliphatic heterocycles. The van der Waals surface area contributed by atoms with Crippen molar-refractivity contribution in [1.82, 2.24) is 14.4 Å². The molecule has 0 saturated heterocycles. The first-order chi connectivity index (χ1) is 29.0. The van der Waals surface area contributed by atoms with Crippen molar-refractivity contribution >= 4 is 122 Å². The molecular weight excluding hydrogens is 886 g/mol. The molecule has 0 fully saturated rings. The van der Waals surface area contributed by atoms with E-state index in [1.807, 2.05) is 0 Å².